The molecule has 4 heteroatoms. The fourth-order valence-corrected chi connectivity index (χ4v) is 2.53. The molecule has 1 N–H and O–H groups in total. The van der Waals surface area contributed by atoms with Gasteiger partial charge in [-0.1, -0.05) is 17.7 Å². The van der Waals surface area contributed by atoms with E-state index in [4.69, 9.17) is 4.74 Å². The van der Waals surface area contributed by atoms with E-state index < -0.39 is 5.60 Å². The summed E-state index contributed by atoms with van der Waals surface area (Å²) in [4.78, 5) is 14.5. The Morgan fingerprint density at radius 3 is 2.80 bits per heavy atom. The van der Waals surface area contributed by atoms with E-state index >= 15 is 0 Å². The van der Waals surface area contributed by atoms with Gasteiger partial charge in [0.1, 0.15) is 5.60 Å². The molecule has 4 nitrogen and oxygen atoms in total. The first-order chi connectivity index (χ1) is 9.40. The minimum Gasteiger partial charge on any atom is -0.365 e. The van der Waals surface area contributed by atoms with Crippen molar-refractivity contribution >= 4 is 11.6 Å². The first-order valence-corrected chi connectivity index (χ1v) is 7.10. The number of hydrogen-bond donors (Lipinski definition) is 1. The normalized spacial score (nSPS) is 22.2. The number of nitrogens with one attached hydrogen (secondary N) is 1. The van der Waals surface area contributed by atoms with Gasteiger partial charge in [0.2, 0.25) is 0 Å². The molecule has 2 rings (SSSR count). The van der Waals surface area contributed by atoms with Gasteiger partial charge in [-0.15, -0.1) is 0 Å². The van der Waals surface area contributed by atoms with E-state index in [0.29, 0.717) is 6.61 Å². The molecule has 0 saturated carbocycles. The molecule has 0 aromatic heterocycles. The average Bonchev–Trinajstić information content (AvgIpc) is 2.80. The minimum atomic E-state index is -0.680. The van der Waals surface area contributed by atoms with Gasteiger partial charge in [0.05, 0.1) is 0 Å². The van der Waals surface area contributed by atoms with Gasteiger partial charge in [-0.3, -0.25) is 4.79 Å². The molecule has 1 saturated heterocycles. The molecular weight excluding hydrogens is 252 g/mol. The number of hydrogen-bond acceptors (Lipinski definition) is 3. The standard InChI is InChI=1S/C16H24N2O2/c1-12-6-7-14(13(10-12)11-18(3)4)17-15(19)16(2)8-5-9-20-16/h6-7,10H,5,8-9,11H2,1-4H3,(H,17,19)/t16-/m1/s1. The Balaban J connectivity index is 2.18. The summed E-state index contributed by atoms with van der Waals surface area (Å²) >= 11 is 0. The maximum atomic E-state index is 12.4. The third-order valence-electron chi connectivity index (χ3n) is 3.69. The van der Waals surface area contributed by atoms with E-state index in [1.54, 1.807) is 0 Å². The topological polar surface area (TPSA) is 41.6 Å². The van der Waals surface area contributed by atoms with Crippen LogP contribution in [0.3, 0.4) is 0 Å². The van der Waals surface area contributed by atoms with Gasteiger partial charge in [0.15, 0.2) is 0 Å². The second-order valence-corrected chi connectivity index (χ2v) is 6.04. The van der Waals surface area contributed by atoms with Crippen LogP contribution in [0.15, 0.2) is 18.2 Å². The van der Waals surface area contributed by atoms with Gasteiger partial charge in [-0.25, -0.2) is 0 Å². The Labute approximate surface area is 121 Å². The highest BCUT2D eigenvalue weighted by Gasteiger charge is 2.37. The summed E-state index contributed by atoms with van der Waals surface area (Å²) in [5, 5.41) is 3.03. The van der Waals surface area contributed by atoms with Crippen molar-refractivity contribution in [2.75, 3.05) is 26.0 Å². The molecule has 1 heterocycles. The Kier molecular flexibility index (Phi) is 4.45. The largest absolute Gasteiger partial charge is 0.365 e. The van der Waals surface area contributed by atoms with Crippen molar-refractivity contribution in [1.29, 1.82) is 0 Å². The van der Waals surface area contributed by atoms with E-state index in [-0.39, 0.29) is 5.91 Å². The second kappa shape index (κ2) is 5.94. The lowest BCUT2D eigenvalue weighted by atomic mass is 10.0. The van der Waals surface area contributed by atoms with Crippen molar-refractivity contribution in [2.45, 2.75) is 38.8 Å². The molecule has 1 amide bonds. The molecule has 1 aromatic carbocycles. The molecule has 0 bridgehead atoms. The lowest BCUT2D eigenvalue weighted by molar-refractivity contribution is -0.133. The second-order valence-electron chi connectivity index (χ2n) is 6.04. The predicted octanol–water partition coefficient (Wildman–Crippen LogP) is 2.56. The molecule has 1 aliphatic rings. The van der Waals surface area contributed by atoms with Gasteiger partial charge < -0.3 is 15.0 Å². The van der Waals surface area contributed by atoms with Crippen LogP contribution >= 0.6 is 0 Å². The van der Waals surface area contributed by atoms with Gasteiger partial charge >= 0.3 is 0 Å². The molecule has 0 spiro atoms. The molecule has 0 aliphatic carbocycles. The van der Waals surface area contributed by atoms with Crippen LogP contribution in [-0.2, 0) is 16.1 Å². The summed E-state index contributed by atoms with van der Waals surface area (Å²) in [6, 6.07) is 6.12. The van der Waals surface area contributed by atoms with Crippen LogP contribution in [0, 0.1) is 6.92 Å². The maximum Gasteiger partial charge on any atom is 0.256 e. The molecule has 110 valence electrons. The number of rotatable bonds is 4. The van der Waals surface area contributed by atoms with E-state index in [9.17, 15) is 4.79 Å². The van der Waals surface area contributed by atoms with E-state index in [1.165, 1.54) is 5.56 Å². The number of nitrogens with zero attached hydrogens (tertiary/aromatic N) is 1. The van der Waals surface area contributed by atoms with Gasteiger partial charge in [0, 0.05) is 18.8 Å². The molecule has 1 fully saturated rings. The first kappa shape index (κ1) is 15.0. The number of aryl methyl sites for hydroxylation is 1. The summed E-state index contributed by atoms with van der Waals surface area (Å²) in [6.07, 6.45) is 1.73. The third-order valence-corrected chi connectivity index (χ3v) is 3.69. The van der Waals surface area contributed by atoms with Crippen LogP contribution < -0.4 is 5.32 Å². The Morgan fingerprint density at radius 2 is 2.20 bits per heavy atom. The van der Waals surface area contributed by atoms with E-state index in [0.717, 1.165) is 30.6 Å². The molecule has 20 heavy (non-hydrogen) atoms. The van der Waals surface area contributed by atoms with Crippen LogP contribution in [0.25, 0.3) is 0 Å². The van der Waals surface area contributed by atoms with E-state index in [2.05, 4.69) is 23.2 Å². The summed E-state index contributed by atoms with van der Waals surface area (Å²) in [5.74, 6) is -0.0427. The lowest BCUT2D eigenvalue weighted by Crippen LogP contribution is -2.39. The zero-order chi connectivity index (χ0) is 14.8. The number of anilines is 1. The van der Waals surface area contributed by atoms with Crippen molar-refractivity contribution in [3.63, 3.8) is 0 Å². The van der Waals surface area contributed by atoms with Crippen LogP contribution in [0.4, 0.5) is 5.69 Å². The van der Waals surface area contributed by atoms with Gasteiger partial charge in [-0.2, -0.15) is 0 Å². The molecule has 1 aliphatic heterocycles. The highest BCUT2D eigenvalue weighted by molar-refractivity contribution is 5.97. The highest BCUT2D eigenvalue weighted by atomic mass is 16.5. The van der Waals surface area contributed by atoms with Crippen molar-refractivity contribution in [2.24, 2.45) is 0 Å². The number of carbonyl (C=O) groups excluding carboxylic acids is 1. The summed E-state index contributed by atoms with van der Waals surface area (Å²) < 4.78 is 5.60. The first-order valence-electron chi connectivity index (χ1n) is 7.10. The van der Waals surface area contributed by atoms with Crippen molar-refractivity contribution in [1.82, 2.24) is 4.90 Å². The van der Waals surface area contributed by atoms with Crippen LogP contribution in [-0.4, -0.2) is 37.1 Å². The van der Waals surface area contributed by atoms with Crippen molar-refractivity contribution in [3.8, 4) is 0 Å². The quantitative estimate of drug-likeness (QED) is 0.919. The maximum absolute atomic E-state index is 12.4. The monoisotopic (exact) mass is 276 g/mol. The predicted molar refractivity (Wildman–Crippen MR) is 80.8 cm³/mol. The number of ether oxygens (including phenoxy) is 1. The smallest absolute Gasteiger partial charge is 0.256 e. The summed E-state index contributed by atoms with van der Waals surface area (Å²) in [7, 11) is 4.05. The zero-order valence-electron chi connectivity index (χ0n) is 12.8. The fraction of sp³-hybridized carbons (Fsp3) is 0.562. The fourth-order valence-electron chi connectivity index (χ4n) is 2.53. The summed E-state index contributed by atoms with van der Waals surface area (Å²) in [5.41, 5.74) is 2.53. The van der Waals surface area contributed by atoms with Gasteiger partial charge in [0.25, 0.3) is 5.91 Å². The van der Waals surface area contributed by atoms with Crippen LogP contribution in [0.5, 0.6) is 0 Å². The lowest BCUT2D eigenvalue weighted by Gasteiger charge is -2.23. The number of benzene rings is 1. The number of amides is 1. The molecular formula is C16H24N2O2. The molecule has 1 atom stereocenters. The van der Waals surface area contributed by atoms with E-state index in [1.807, 2.05) is 33.2 Å². The molecule has 1 aromatic rings. The molecule has 0 unspecified atom stereocenters. The van der Waals surface area contributed by atoms with Crippen molar-refractivity contribution in [3.05, 3.63) is 29.3 Å². The Hall–Kier alpha value is -1.39. The Bertz CT molecular complexity index is 491. The SMILES string of the molecule is Cc1ccc(NC(=O)[C@@]2(C)CCCO2)c(CN(C)C)c1. The Morgan fingerprint density at radius 1 is 1.45 bits per heavy atom. The average molecular weight is 276 g/mol. The van der Waals surface area contributed by atoms with Gasteiger partial charge in [-0.05, 0) is 52.4 Å². The number of carbonyl (C=O) groups is 1. The van der Waals surface area contributed by atoms with Crippen molar-refractivity contribution < 1.29 is 9.53 Å². The van der Waals surface area contributed by atoms with Crippen LogP contribution in [0.1, 0.15) is 30.9 Å². The summed E-state index contributed by atoms with van der Waals surface area (Å²) in [6.45, 7) is 5.40. The molecule has 0 radical (unpaired) electrons. The van der Waals surface area contributed by atoms with Crippen LogP contribution in [0.2, 0.25) is 0 Å². The minimum absolute atomic E-state index is 0.0427. The zero-order valence-corrected chi connectivity index (χ0v) is 12.8. The third kappa shape index (κ3) is 3.38. The highest BCUT2D eigenvalue weighted by Crippen LogP contribution is 2.28.